The maximum atomic E-state index is 8.86. The number of imidazole rings is 1. The van der Waals surface area contributed by atoms with Crippen LogP contribution >= 0.6 is 11.6 Å². The Hall–Kier alpha value is -1.48. The van der Waals surface area contributed by atoms with Crippen LogP contribution in [0.1, 0.15) is 0 Å². The topological polar surface area (TPSA) is 91.5 Å². The summed E-state index contributed by atoms with van der Waals surface area (Å²) in [5, 5.41) is 9.10. The molecule has 2 aromatic rings. The Morgan fingerprint density at radius 2 is 2.39 bits per heavy atom. The van der Waals surface area contributed by atoms with Crippen molar-refractivity contribution in [2.45, 2.75) is 12.6 Å². The summed E-state index contributed by atoms with van der Waals surface area (Å²) in [4.78, 5) is 17.3. The van der Waals surface area contributed by atoms with Crippen LogP contribution in [0.3, 0.4) is 0 Å². The molecule has 1 aliphatic heterocycles. The first-order chi connectivity index (χ1) is 8.78. The zero-order chi connectivity index (χ0) is 12.5. The predicted molar refractivity (Wildman–Crippen MR) is 58.6 cm³/mol. The van der Waals surface area contributed by atoms with E-state index in [0.717, 1.165) is 0 Å². The number of fused-ring (bicyclic) bond motifs is 1. The van der Waals surface area contributed by atoms with Crippen molar-refractivity contribution < 1.29 is 19.4 Å². The zero-order valence-electron chi connectivity index (χ0n) is 9.06. The van der Waals surface area contributed by atoms with E-state index in [9.17, 15) is 0 Å². The van der Waals surface area contributed by atoms with Crippen molar-refractivity contribution in [3.63, 3.8) is 0 Å². The van der Waals surface area contributed by atoms with E-state index in [1.165, 1.54) is 17.4 Å². The Balaban J connectivity index is 1.81. The number of rotatable bonds is 3. The van der Waals surface area contributed by atoms with Gasteiger partial charge in [0, 0.05) is 0 Å². The van der Waals surface area contributed by atoms with E-state index in [2.05, 4.69) is 15.0 Å². The third-order valence-corrected chi connectivity index (χ3v) is 2.64. The van der Waals surface area contributed by atoms with Gasteiger partial charge in [-0.2, -0.15) is 0 Å². The lowest BCUT2D eigenvalue weighted by atomic mass is 10.6. The number of aromatic nitrogens is 4. The second-order valence-electron chi connectivity index (χ2n) is 3.52. The molecule has 1 fully saturated rings. The lowest BCUT2D eigenvalue weighted by Gasteiger charge is -2.12. The average Bonchev–Trinajstić information content (AvgIpc) is 2.98. The average molecular weight is 273 g/mol. The van der Waals surface area contributed by atoms with Crippen LogP contribution in [0, 0.1) is 0 Å². The van der Waals surface area contributed by atoms with Gasteiger partial charge in [-0.3, -0.25) is 0 Å². The summed E-state index contributed by atoms with van der Waals surface area (Å²) in [6.45, 7) is -0.0117. The first-order valence-electron chi connectivity index (χ1n) is 5.16. The molecule has 8 nitrogen and oxygen atoms in total. The van der Waals surface area contributed by atoms with Gasteiger partial charge in [-0.05, 0) is 0 Å². The zero-order valence-corrected chi connectivity index (χ0v) is 9.82. The van der Waals surface area contributed by atoms with E-state index in [1.807, 2.05) is 0 Å². The minimum atomic E-state index is -0.664. The minimum absolute atomic E-state index is 0.212. The fourth-order valence-corrected chi connectivity index (χ4v) is 1.75. The maximum Gasteiger partial charge on any atom is 0.250 e. The number of aliphatic hydroxyl groups is 1. The molecular weight excluding hydrogens is 264 g/mol. The van der Waals surface area contributed by atoms with Gasteiger partial charge in [0.1, 0.15) is 24.8 Å². The number of halogens is 1. The summed E-state index contributed by atoms with van der Waals surface area (Å²) < 4.78 is 11.7. The minimum Gasteiger partial charge on any atom is -0.391 e. The Bertz CT molecular complexity index is 562. The number of hydrogen-bond acceptors (Lipinski definition) is 7. The molecule has 1 unspecified atom stereocenters. The molecule has 18 heavy (non-hydrogen) atoms. The molecule has 0 spiro atoms. The van der Waals surface area contributed by atoms with Gasteiger partial charge in [0.2, 0.25) is 5.65 Å². The predicted octanol–water partition coefficient (Wildman–Crippen LogP) is -0.400. The molecule has 96 valence electrons. The lowest BCUT2D eigenvalue weighted by Crippen LogP contribution is -2.27. The number of aliphatic hydroxyl groups excluding tert-OH is 1. The molecule has 3 heterocycles. The van der Waals surface area contributed by atoms with Crippen molar-refractivity contribution >= 4 is 22.8 Å². The van der Waals surface area contributed by atoms with Crippen molar-refractivity contribution in [1.29, 1.82) is 0 Å². The van der Waals surface area contributed by atoms with Gasteiger partial charge in [-0.1, -0.05) is 11.6 Å². The van der Waals surface area contributed by atoms with Gasteiger partial charge in [-0.15, -0.1) is 4.73 Å². The smallest absolute Gasteiger partial charge is 0.250 e. The van der Waals surface area contributed by atoms with Crippen molar-refractivity contribution in [3.05, 3.63) is 17.8 Å². The summed E-state index contributed by atoms with van der Waals surface area (Å²) in [6.07, 6.45) is 1.44. The Morgan fingerprint density at radius 1 is 1.50 bits per heavy atom. The van der Waals surface area contributed by atoms with Gasteiger partial charge in [-0.25, -0.2) is 15.0 Å². The summed E-state index contributed by atoms with van der Waals surface area (Å²) in [6, 6.07) is 0. The Morgan fingerprint density at radius 3 is 3.17 bits per heavy atom. The van der Waals surface area contributed by atoms with Crippen LogP contribution in [0.2, 0.25) is 5.15 Å². The molecule has 0 saturated carbocycles. The highest BCUT2D eigenvalue weighted by Gasteiger charge is 2.28. The molecule has 1 saturated heterocycles. The molecular formula is C9H9ClN4O4. The van der Waals surface area contributed by atoms with Crippen LogP contribution in [0.25, 0.3) is 11.2 Å². The summed E-state index contributed by atoms with van der Waals surface area (Å²) in [5.41, 5.74) is 0.878. The highest BCUT2D eigenvalue weighted by atomic mass is 35.5. The normalized spacial score (nSPS) is 23.7. The molecule has 9 heteroatoms. The molecule has 0 bridgehead atoms. The number of hydrogen-bond donors (Lipinski definition) is 1. The largest absolute Gasteiger partial charge is 0.391 e. The monoisotopic (exact) mass is 272 g/mol. The van der Waals surface area contributed by atoms with Gasteiger partial charge in [0.15, 0.2) is 11.4 Å². The van der Waals surface area contributed by atoms with Gasteiger partial charge in [0.25, 0.3) is 6.29 Å². The van der Waals surface area contributed by atoms with E-state index < -0.39 is 12.6 Å². The summed E-state index contributed by atoms with van der Waals surface area (Å²) in [5.74, 6) is 0. The van der Waals surface area contributed by atoms with Crippen LogP contribution in [0.4, 0.5) is 0 Å². The first-order valence-corrected chi connectivity index (χ1v) is 5.54. The fraction of sp³-hybridized carbons (Fsp3) is 0.444. The van der Waals surface area contributed by atoms with Gasteiger partial charge >= 0.3 is 0 Å². The maximum absolute atomic E-state index is 8.86. The Labute approximate surface area is 106 Å². The van der Waals surface area contributed by atoms with E-state index in [-0.39, 0.29) is 18.4 Å². The molecule has 2 aromatic heterocycles. The molecule has 1 N–H and O–H groups in total. The molecule has 0 amide bonds. The molecule has 1 aliphatic rings. The summed E-state index contributed by atoms with van der Waals surface area (Å²) in [7, 11) is 0. The summed E-state index contributed by atoms with van der Waals surface area (Å²) >= 11 is 5.86. The van der Waals surface area contributed by atoms with E-state index in [1.54, 1.807) is 0 Å². The van der Waals surface area contributed by atoms with E-state index >= 15 is 0 Å². The standard InChI is InChI=1S/C9H9ClN4O4/c10-8-7-9(12-3-11-8)14(4-13-7)18-6-2-16-5(1-15)17-6/h3-6,15H,1-2H2/t5?,6-/m0/s1. The number of ether oxygens (including phenoxy) is 2. The van der Waals surface area contributed by atoms with Crippen LogP contribution in [-0.2, 0) is 9.47 Å². The lowest BCUT2D eigenvalue weighted by molar-refractivity contribution is -0.155. The first kappa shape index (κ1) is 11.6. The van der Waals surface area contributed by atoms with Crippen molar-refractivity contribution in [2.24, 2.45) is 0 Å². The molecule has 0 radical (unpaired) electrons. The van der Waals surface area contributed by atoms with Crippen molar-refractivity contribution in [3.8, 4) is 0 Å². The second-order valence-corrected chi connectivity index (χ2v) is 3.88. The van der Waals surface area contributed by atoms with Crippen LogP contribution < -0.4 is 4.84 Å². The van der Waals surface area contributed by atoms with Crippen LogP contribution in [0.5, 0.6) is 0 Å². The SMILES string of the molecule is OCC1OC[C@H](On2cnc3c(Cl)ncnc32)O1. The van der Waals surface area contributed by atoms with Crippen molar-refractivity contribution in [1.82, 2.24) is 19.7 Å². The number of nitrogens with zero attached hydrogens (tertiary/aromatic N) is 4. The highest BCUT2D eigenvalue weighted by Crippen LogP contribution is 2.17. The molecule has 0 aromatic carbocycles. The van der Waals surface area contributed by atoms with Gasteiger partial charge in [0.05, 0.1) is 6.61 Å². The molecule has 0 aliphatic carbocycles. The third kappa shape index (κ3) is 1.99. The second kappa shape index (κ2) is 4.65. The van der Waals surface area contributed by atoms with Crippen molar-refractivity contribution in [2.75, 3.05) is 13.2 Å². The van der Waals surface area contributed by atoms with Crippen LogP contribution in [0.15, 0.2) is 12.7 Å². The van der Waals surface area contributed by atoms with Crippen LogP contribution in [-0.4, -0.2) is 50.6 Å². The molecule has 2 atom stereocenters. The quantitative estimate of drug-likeness (QED) is 0.760. The van der Waals surface area contributed by atoms with E-state index in [0.29, 0.717) is 11.2 Å². The third-order valence-electron chi connectivity index (χ3n) is 2.36. The van der Waals surface area contributed by atoms with E-state index in [4.69, 9.17) is 31.0 Å². The highest BCUT2D eigenvalue weighted by molar-refractivity contribution is 6.33. The Kier molecular flexibility index (Phi) is 3.00. The fourth-order valence-electron chi connectivity index (χ4n) is 1.57. The van der Waals surface area contributed by atoms with Gasteiger partial charge < -0.3 is 19.4 Å². The molecule has 3 rings (SSSR count).